The van der Waals surface area contributed by atoms with E-state index in [-0.39, 0.29) is 17.3 Å². The van der Waals surface area contributed by atoms with Crippen LogP contribution >= 0.6 is 0 Å². The summed E-state index contributed by atoms with van der Waals surface area (Å²) in [6.45, 7) is 1.21. The monoisotopic (exact) mass is 373 g/mol. The zero-order valence-electron chi connectivity index (χ0n) is 14.5. The molecule has 0 unspecified atom stereocenters. The van der Waals surface area contributed by atoms with Crippen molar-refractivity contribution in [1.29, 1.82) is 0 Å². The van der Waals surface area contributed by atoms with Crippen molar-refractivity contribution < 1.29 is 13.2 Å². The van der Waals surface area contributed by atoms with Crippen molar-refractivity contribution in [3.8, 4) is 0 Å². The molecule has 0 bridgehead atoms. The number of nitrogens with one attached hydrogen (secondary N) is 1. The molecule has 0 saturated carbocycles. The zero-order chi connectivity index (χ0) is 18.6. The fourth-order valence-corrected chi connectivity index (χ4v) is 4.86. The molecule has 0 atom stereocenters. The molecule has 3 N–H and O–H groups in total. The molecule has 1 aliphatic heterocycles. The Kier molecular flexibility index (Phi) is 5.58. The summed E-state index contributed by atoms with van der Waals surface area (Å²) < 4.78 is 27.5. The topological polar surface area (TPSA) is 92.5 Å². The lowest BCUT2D eigenvalue weighted by molar-refractivity contribution is 0.0951. The number of nitrogens with zero attached hydrogens (tertiary/aromatic N) is 1. The maximum absolute atomic E-state index is 13.0. The molecular weight excluding hydrogens is 350 g/mol. The van der Waals surface area contributed by atoms with E-state index in [4.69, 9.17) is 5.73 Å². The van der Waals surface area contributed by atoms with Crippen LogP contribution in [-0.2, 0) is 16.6 Å². The summed E-state index contributed by atoms with van der Waals surface area (Å²) in [5, 5.41) is 2.77. The molecule has 2 aromatic carbocycles. The van der Waals surface area contributed by atoms with Crippen LogP contribution in [0.2, 0.25) is 0 Å². The molecule has 1 fully saturated rings. The molecule has 0 radical (unpaired) electrons. The Morgan fingerprint density at radius 3 is 2.38 bits per heavy atom. The van der Waals surface area contributed by atoms with Gasteiger partial charge in [-0.3, -0.25) is 4.79 Å². The number of amides is 1. The average molecular weight is 373 g/mol. The summed E-state index contributed by atoms with van der Waals surface area (Å²) in [6, 6.07) is 13.6. The number of anilines is 1. The Labute approximate surface area is 154 Å². The molecular formula is C19H23N3O3S. The van der Waals surface area contributed by atoms with Crippen molar-refractivity contribution in [3.63, 3.8) is 0 Å². The van der Waals surface area contributed by atoms with Crippen LogP contribution in [0.3, 0.4) is 0 Å². The zero-order valence-corrected chi connectivity index (χ0v) is 15.3. The highest BCUT2D eigenvalue weighted by molar-refractivity contribution is 7.89. The molecule has 0 aliphatic carbocycles. The van der Waals surface area contributed by atoms with Gasteiger partial charge in [-0.2, -0.15) is 4.31 Å². The van der Waals surface area contributed by atoms with Crippen LogP contribution in [0.1, 0.15) is 35.2 Å². The molecule has 7 heteroatoms. The Hall–Kier alpha value is -2.38. The first-order valence-electron chi connectivity index (χ1n) is 8.71. The van der Waals surface area contributed by atoms with Gasteiger partial charge in [0.1, 0.15) is 0 Å². The quantitative estimate of drug-likeness (QED) is 0.787. The Bertz CT molecular complexity index is 890. The molecule has 3 rings (SSSR count). The summed E-state index contributed by atoms with van der Waals surface area (Å²) in [5.74, 6) is -0.326. The third-order valence-corrected chi connectivity index (χ3v) is 6.55. The van der Waals surface area contributed by atoms with Gasteiger partial charge in [-0.1, -0.05) is 36.8 Å². The number of carbonyl (C=O) groups is 1. The van der Waals surface area contributed by atoms with Crippen LogP contribution in [0.5, 0.6) is 0 Å². The lowest BCUT2D eigenvalue weighted by atomic mass is 10.1. The van der Waals surface area contributed by atoms with Gasteiger partial charge in [-0.05, 0) is 36.6 Å². The van der Waals surface area contributed by atoms with Gasteiger partial charge in [-0.15, -0.1) is 0 Å². The van der Waals surface area contributed by atoms with Gasteiger partial charge >= 0.3 is 0 Å². The van der Waals surface area contributed by atoms with Crippen LogP contribution < -0.4 is 11.1 Å². The van der Waals surface area contributed by atoms with E-state index in [1.54, 1.807) is 48.5 Å². The van der Waals surface area contributed by atoms with Crippen molar-refractivity contribution in [2.45, 2.75) is 30.7 Å². The maximum atomic E-state index is 13.0. The number of para-hydroxylation sites is 1. The second-order valence-electron chi connectivity index (χ2n) is 6.34. The van der Waals surface area contributed by atoms with E-state index < -0.39 is 10.0 Å². The summed E-state index contributed by atoms with van der Waals surface area (Å²) in [4.78, 5) is 12.6. The highest BCUT2D eigenvalue weighted by atomic mass is 32.2. The number of nitrogens with two attached hydrogens (primary N) is 1. The number of nitrogen functional groups attached to an aromatic ring is 1. The van der Waals surface area contributed by atoms with Crippen LogP contribution in [-0.4, -0.2) is 31.7 Å². The number of sulfonamides is 1. The molecule has 2 aromatic rings. The lowest BCUT2D eigenvalue weighted by Gasteiger charge is -2.26. The van der Waals surface area contributed by atoms with Crippen molar-refractivity contribution in [2.75, 3.05) is 18.8 Å². The van der Waals surface area contributed by atoms with E-state index in [0.717, 1.165) is 19.3 Å². The minimum Gasteiger partial charge on any atom is -0.398 e. The third kappa shape index (κ3) is 3.89. The van der Waals surface area contributed by atoms with Crippen LogP contribution in [0, 0.1) is 0 Å². The number of rotatable bonds is 5. The molecule has 0 aromatic heterocycles. The van der Waals surface area contributed by atoms with Gasteiger partial charge in [-0.25, -0.2) is 8.42 Å². The van der Waals surface area contributed by atoms with E-state index in [1.807, 2.05) is 0 Å². The third-order valence-electron chi connectivity index (χ3n) is 4.55. The van der Waals surface area contributed by atoms with E-state index in [9.17, 15) is 13.2 Å². The maximum Gasteiger partial charge on any atom is 0.253 e. The minimum absolute atomic E-state index is 0.121. The lowest BCUT2D eigenvalue weighted by Crippen LogP contribution is -2.36. The molecule has 138 valence electrons. The van der Waals surface area contributed by atoms with E-state index in [1.165, 1.54) is 4.31 Å². The molecule has 26 heavy (non-hydrogen) atoms. The molecule has 1 saturated heterocycles. The van der Waals surface area contributed by atoms with Gasteiger partial charge < -0.3 is 11.1 Å². The average Bonchev–Trinajstić information content (AvgIpc) is 2.67. The molecule has 1 amide bonds. The van der Waals surface area contributed by atoms with Gasteiger partial charge in [0.25, 0.3) is 5.91 Å². The van der Waals surface area contributed by atoms with E-state index >= 15 is 0 Å². The molecule has 1 heterocycles. The van der Waals surface area contributed by atoms with Gasteiger partial charge in [0.05, 0.1) is 10.5 Å². The standard InChI is InChI=1S/C19H23N3O3S/c20-17-10-4-3-9-16(17)19(23)21-14-15-8-2-5-11-18(15)26(24,25)22-12-6-1-7-13-22/h2-5,8-11H,1,6-7,12-14,20H2,(H,21,23). The summed E-state index contributed by atoms with van der Waals surface area (Å²) in [7, 11) is -3.56. The highest BCUT2D eigenvalue weighted by Gasteiger charge is 2.27. The number of piperidine rings is 1. The number of carbonyl (C=O) groups excluding carboxylic acids is 1. The number of hydrogen-bond acceptors (Lipinski definition) is 4. The Balaban J connectivity index is 1.79. The van der Waals surface area contributed by atoms with Crippen molar-refractivity contribution in [1.82, 2.24) is 9.62 Å². The van der Waals surface area contributed by atoms with Gasteiger partial charge in [0.2, 0.25) is 10.0 Å². The first-order valence-corrected chi connectivity index (χ1v) is 10.1. The molecule has 1 aliphatic rings. The number of benzene rings is 2. The highest BCUT2D eigenvalue weighted by Crippen LogP contribution is 2.23. The molecule has 0 spiro atoms. The van der Waals surface area contributed by atoms with Gasteiger partial charge in [0.15, 0.2) is 0 Å². The van der Waals surface area contributed by atoms with Crippen LogP contribution in [0.25, 0.3) is 0 Å². The summed E-state index contributed by atoms with van der Waals surface area (Å²) in [6.07, 6.45) is 2.82. The van der Waals surface area contributed by atoms with E-state index in [0.29, 0.717) is 29.9 Å². The normalized spacial score (nSPS) is 15.5. The first-order chi connectivity index (χ1) is 12.5. The Morgan fingerprint density at radius 1 is 1.00 bits per heavy atom. The first kappa shape index (κ1) is 18.4. The molecule has 6 nitrogen and oxygen atoms in total. The predicted molar refractivity (Wildman–Crippen MR) is 101 cm³/mol. The van der Waals surface area contributed by atoms with Crippen LogP contribution in [0.4, 0.5) is 5.69 Å². The van der Waals surface area contributed by atoms with E-state index in [2.05, 4.69) is 5.32 Å². The van der Waals surface area contributed by atoms with Crippen molar-refractivity contribution in [3.05, 3.63) is 59.7 Å². The largest absolute Gasteiger partial charge is 0.398 e. The van der Waals surface area contributed by atoms with Crippen LogP contribution in [0.15, 0.2) is 53.4 Å². The minimum atomic E-state index is -3.56. The predicted octanol–water partition coefficient (Wildman–Crippen LogP) is 2.37. The van der Waals surface area contributed by atoms with Gasteiger partial charge in [0, 0.05) is 25.3 Å². The van der Waals surface area contributed by atoms with Crippen molar-refractivity contribution in [2.24, 2.45) is 0 Å². The fraction of sp³-hybridized carbons (Fsp3) is 0.316. The fourth-order valence-electron chi connectivity index (χ4n) is 3.12. The second kappa shape index (κ2) is 7.88. The van der Waals surface area contributed by atoms with Crippen molar-refractivity contribution >= 4 is 21.6 Å². The number of hydrogen-bond donors (Lipinski definition) is 2. The smallest absolute Gasteiger partial charge is 0.253 e. The summed E-state index contributed by atoms with van der Waals surface area (Å²) in [5.41, 5.74) is 7.16. The summed E-state index contributed by atoms with van der Waals surface area (Å²) >= 11 is 0. The SMILES string of the molecule is Nc1ccccc1C(=O)NCc1ccccc1S(=O)(=O)N1CCCCC1. The second-order valence-corrected chi connectivity index (χ2v) is 8.25. The Morgan fingerprint density at radius 2 is 1.65 bits per heavy atom.